The zero-order valence-electron chi connectivity index (χ0n) is 12.4. The van der Waals surface area contributed by atoms with Crippen LogP contribution in [0, 0.1) is 24.6 Å². The third-order valence-corrected chi connectivity index (χ3v) is 4.21. The van der Waals surface area contributed by atoms with Gasteiger partial charge in [0.25, 0.3) is 0 Å². The molecule has 2 rings (SSSR count). The van der Waals surface area contributed by atoms with Gasteiger partial charge < -0.3 is 5.32 Å². The van der Waals surface area contributed by atoms with Crippen LogP contribution in [0.2, 0.25) is 0 Å². The molecule has 1 nitrogen and oxygen atoms in total. The molecule has 1 aromatic rings. The molecule has 0 aromatic heterocycles. The fourth-order valence-electron chi connectivity index (χ4n) is 3.29. The van der Waals surface area contributed by atoms with Crippen LogP contribution in [-0.4, -0.2) is 6.04 Å². The van der Waals surface area contributed by atoms with Crippen LogP contribution < -0.4 is 5.32 Å². The fourth-order valence-corrected chi connectivity index (χ4v) is 3.29. The van der Waals surface area contributed by atoms with Gasteiger partial charge in [0.2, 0.25) is 0 Å². The van der Waals surface area contributed by atoms with E-state index in [1.807, 2.05) is 13.0 Å². The molecule has 0 amide bonds. The largest absolute Gasteiger partial charge is 0.382 e. The third kappa shape index (κ3) is 3.95. The number of hydrogen-bond donors (Lipinski definition) is 1. The highest BCUT2D eigenvalue weighted by Gasteiger charge is 2.22. The maximum Gasteiger partial charge on any atom is 0.128 e. The zero-order valence-corrected chi connectivity index (χ0v) is 12.4. The van der Waals surface area contributed by atoms with Gasteiger partial charge in [0.15, 0.2) is 0 Å². The van der Waals surface area contributed by atoms with E-state index in [4.69, 9.17) is 0 Å². The SMILES string of the molecule is Cc1c(F)cccc1NC1CCCC(CC(C)C)C1. The average molecular weight is 263 g/mol. The van der Waals surface area contributed by atoms with Crippen LogP contribution >= 0.6 is 0 Å². The summed E-state index contributed by atoms with van der Waals surface area (Å²) < 4.78 is 13.5. The topological polar surface area (TPSA) is 12.0 Å². The first-order chi connectivity index (χ1) is 9.06. The average Bonchev–Trinajstić information content (AvgIpc) is 2.35. The van der Waals surface area contributed by atoms with Crippen molar-refractivity contribution in [3.63, 3.8) is 0 Å². The van der Waals surface area contributed by atoms with Crippen LogP contribution in [0.5, 0.6) is 0 Å². The molecule has 1 fully saturated rings. The van der Waals surface area contributed by atoms with Crippen molar-refractivity contribution in [2.24, 2.45) is 11.8 Å². The lowest BCUT2D eigenvalue weighted by atomic mass is 9.81. The summed E-state index contributed by atoms with van der Waals surface area (Å²) in [5, 5.41) is 3.55. The highest BCUT2D eigenvalue weighted by molar-refractivity contribution is 5.51. The monoisotopic (exact) mass is 263 g/mol. The maximum absolute atomic E-state index is 13.5. The van der Waals surface area contributed by atoms with E-state index >= 15 is 0 Å². The summed E-state index contributed by atoms with van der Waals surface area (Å²) in [6.45, 7) is 6.45. The van der Waals surface area contributed by atoms with E-state index < -0.39 is 0 Å². The minimum atomic E-state index is -0.112. The summed E-state index contributed by atoms with van der Waals surface area (Å²) in [6, 6.07) is 5.82. The molecule has 0 saturated heterocycles. The lowest BCUT2D eigenvalue weighted by Crippen LogP contribution is -2.28. The van der Waals surface area contributed by atoms with Gasteiger partial charge in [-0.15, -0.1) is 0 Å². The van der Waals surface area contributed by atoms with Gasteiger partial charge in [0.1, 0.15) is 5.82 Å². The molecule has 2 heteroatoms. The molecule has 1 aliphatic carbocycles. The van der Waals surface area contributed by atoms with E-state index in [0.29, 0.717) is 6.04 Å². The van der Waals surface area contributed by atoms with Crippen molar-refractivity contribution in [1.29, 1.82) is 0 Å². The quantitative estimate of drug-likeness (QED) is 0.792. The molecule has 2 atom stereocenters. The molecule has 1 N–H and O–H groups in total. The molecular weight excluding hydrogens is 237 g/mol. The number of hydrogen-bond acceptors (Lipinski definition) is 1. The lowest BCUT2D eigenvalue weighted by molar-refractivity contribution is 0.289. The van der Waals surface area contributed by atoms with Gasteiger partial charge >= 0.3 is 0 Å². The first kappa shape index (κ1) is 14.4. The molecule has 0 heterocycles. The predicted molar refractivity (Wildman–Crippen MR) is 80.0 cm³/mol. The van der Waals surface area contributed by atoms with Crippen LogP contribution in [0.1, 0.15) is 51.5 Å². The van der Waals surface area contributed by atoms with Gasteiger partial charge in [0.05, 0.1) is 0 Å². The Kier molecular flexibility index (Phi) is 4.84. The van der Waals surface area contributed by atoms with E-state index in [0.717, 1.165) is 23.1 Å². The van der Waals surface area contributed by atoms with Crippen molar-refractivity contribution in [3.8, 4) is 0 Å². The van der Waals surface area contributed by atoms with Crippen molar-refractivity contribution < 1.29 is 4.39 Å². The molecular formula is C17H26FN. The molecule has 1 saturated carbocycles. The van der Waals surface area contributed by atoms with E-state index in [2.05, 4.69) is 19.2 Å². The molecule has 0 radical (unpaired) electrons. The predicted octanol–water partition coefficient (Wildman–Crippen LogP) is 5.15. The Hall–Kier alpha value is -1.05. The Morgan fingerprint density at radius 1 is 1.32 bits per heavy atom. The smallest absolute Gasteiger partial charge is 0.128 e. The summed E-state index contributed by atoms with van der Waals surface area (Å²) in [5.74, 6) is 1.50. The molecule has 1 aliphatic rings. The van der Waals surface area contributed by atoms with E-state index in [-0.39, 0.29) is 5.82 Å². The number of rotatable bonds is 4. The minimum absolute atomic E-state index is 0.112. The van der Waals surface area contributed by atoms with Crippen molar-refractivity contribution >= 4 is 5.69 Å². The van der Waals surface area contributed by atoms with Gasteiger partial charge in [-0.05, 0) is 50.2 Å². The van der Waals surface area contributed by atoms with E-state index in [9.17, 15) is 4.39 Å². The summed E-state index contributed by atoms with van der Waals surface area (Å²) in [6.07, 6.45) is 6.42. The number of benzene rings is 1. The van der Waals surface area contributed by atoms with Gasteiger partial charge in [-0.3, -0.25) is 0 Å². The molecule has 106 valence electrons. The molecule has 2 unspecified atom stereocenters. The number of halogens is 1. The Bertz CT molecular complexity index is 414. The molecule has 19 heavy (non-hydrogen) atoms. The lowest BCUT2D eigenvalue weighted by Gasteiger charge is -2.31. The van der Waals surface area contributed by atoms with Crippen LogP contribution in [0.3, 0.4) is 0 Å². The van der Waals surface area contributed by atoms with Crippen molar-refractivity contribution in [1.82, 2.24) is 0 Å². The van der Waals surface area contributed by atoms with Crippen LogP contribution in [0.15, 0.2) is 18.2 Å². The van der Waals surface area contributed by atoms with E-state index in [1.54, 1.807) is 6.07 Å². The van der Waals surface area contributed by atoms with Crippen molar-refractivity contribution in [3.05, 3.63) is 29.6 Å². The Morgan fingerprint density at radius 2 is 2.11 bits per heavy atom. The Morgan fingerprint density at radius 3 is 2.84 bits per heavy atom. The minimum Gasteiger partial charge on any atom is -0.382 e. The zero-order chi connectivity index (χ0) is 13.8. The first-order valence-corrected chi connectivity index (χ1v) is 7.58. The second-order valence-corrected chi connectivity index (χ2v) is 6.42. The molecule has 1 aromatic carbocycles. The number of nitrogens with one attached hydrogen (secondary N) is 1. The van der Waals surface area contributed by atoms with Gasteiger partial charge in [-0.2, -0.15) is 0 Å². The summed E-state index contributed by atoms with van der Waals surface area (Å²) >= 11 is 0. The van der Waals surface area contributed by atoms with Gasteiger partial charge in [-0.1, -0.05) is 32.8 Å². The molecule has 0 spiro atoms. The number of anilines is 1. The summed E-state index contributed by atoms with van der Waals surface area (Å²) in [4.78, 5) is 0. The second-order valence-electron chi connectivity index (χ2n) is 6.42. The van der Waals surface area contributed by atoms with Crippen LogP contribution in [-0.2, 0) is 0 Å². The first-order valence-electron chi connectivity index (χ1n) is 7.58. The highest BCUT2D eigenvalue weighted by atomic mass is 19.1. The molecule has 0 bridgehead atoms. The van der Waals surface area contributed by atoms with Gasteiger partial charge in [-0.25, -0.2) is 4.39 Å². The summed E-state index contributed by atoms with van der Waals surface area (Å²) in [5.41, 5.74) is 1.71. The van der Waals surface area contributed by atoms with Gasteiger partial charge in [0, 0.05) is 17.3 Å². The fraction of sp³-hybridized carbons (Fsp3) is 0.647. The van der Waals surface area contributed by atoms with Crippen LogP contribution in [0.25, 0.3) is 0 Å². The second kappa shape index (κ2) is 6.40. The summed E-state index contributed by atoms with van der Waals surface area (Å²) in [7, 11) is 0. The van der Waals surface area contributed by atoms with Crippen molar-refractivity contribution in [2.75, 3.05) is 5.32 Å². The molecule has 0 aliphatic heterocycles. The van der Waals surface area contributed by atoms with Crippen molar-refractivity contribution in [2.45, 2.75) is 58.9 Å². The Balaban J connectivity index is 1.97. The third-order valence-electron chi connectivity index (χ3n) is 4.21. The maximum atomic E-state index is 13.5. The normalized spacial score (nSPS) is 23.6. The Labute approximate surface area is 116 Å². The standard InChI is InChI=1S/C17H26FN/c1-12(2)10-14-6-4-7-15(11-14)19-17-9-5-8-16(18)13(17)3/h5,8-9,12,14-15,19H,4,6-7,10-11H2,1-3H3. The van der Waals surface area contributed by atoms with Crippen LogP contribution in [0.4, 0.5) is 10.1 Å². The van der Waals surface area contributed by atoms with E-state index in [1.165, 1.54) is 38.2 Å². The highest BCUT2D eigenvalue weighted by Crippen LogP contribution is 2.31.